The number of ether oxygens (including phenoxy) is 1. The van der Waals surface area contributed by atoms with Gasteiger partial charge < -0.3 is 14.9 Å². The van der Waals surface area contributed by atoms with E-state index < -0.39 is 12.2 Å². The monoisotopic (exact) mass is 308 g/mol. The van der Waals surface area contributed by atoms with Crippen LogP contribution in [-0.4, -0.2) is 29.0 Å². The molecule has 1 rings (SSSR count). The number of aliphatic hydroxyl groups excluding tert-OH is 2. The first-order chi connectivity index (χ1) is 10.4. The van der Waals surface area contributed by atoms with Crippen molar-refractivity contribution in [3.63, 3.8) is 0 Å². The molecule has 22 heavy (non-hydrogen) atoms. The molecule has 1 aromatic carbocycles. The summed E-state index contributed by atoms with van der Waals surface area (Å²) in [5.74, 6) is 1.61. The largest absolute Gasteiger partial charge is 0.493 e. The Morgan fingerprint density at radius 2 is 1.77 bits per heavy atom. The molecule has 126 valence electrons. The molecular weight excluding hydrogens is 276 g/mol. The summed E-state index contributed by atoms with van der Waals surface area (Å²) < 4.78 is 5.85. The summed E-state index contributed by atoms with van der Waals surface area (Å²) in [6, 6.07) is 6.36. The summed E-state index contributed by atoms with van der Waals surface area (Å²) in [6.45, 7) is 10.9. The Morgan fingerprint density at radius 1 is 1.09 bits per heavy atom. The van der Waals surface area contributed by atoms with Crippen LogP contribution in [0.25, 0.3) is 0 Å². The molecule has 3 heteroatoms. The molecule has 3 nitrogen and oxygen atoms in total. The van der Waals surface area contributed by atoms with Gasteiger partial charge in [0.25, 0.3) is 0 Å². The number of hydrogen-bond acceptors (Lipinski definition) is 3. The quantitative estimate of drug-likeness (QED) is 0.718. The molecule has 0 aliphatic heterocycles. The van der Waals surface area contributed by atoms with Crippen molar-refractivity contribution in [3.05, 3.63) is 29.3 Å². The highest BCUT2D eigenvalue weighted by Gasteiger charge is 2.20. The zero-order chi connectivity index (χ0) is 16.7. The van der Waals surface area contributed by atoms with Crippen molar-refractivity contribution in [1.29, 1.82) is 0 Å². The molecule has 0 aliphatic carbocycles. The maximum atomic E-state index is 9.96. The summed E-state index contributed by atoms with van der Waals surface area (Å²) in [6.07, 6.45) is 1.16. The topological polar surface area (TPSA) is 49.7 Å². The minimum absolute atomic E-state index is 0.252. The normalized spacial score (nSPS) is 15.6. The van der Waals surface area contributed by atoms with Gasteiger partial charge in [0.15, 0.2) is 0 Å². The van der Waals surface area contributed by atoms with Crippen LogP contribution in [0.1, 0.15) is 76.8 Å². The number of rotatable bonds is 9. The summed E-state index contributed by atoms with van der Waals surface area (Å²) in [5.41, 5.74) is 2.44. The molecule has 0 amide bonds. The molecule has 0 saturated heterocycles. The molecule has 0 heterocycles. The van der Waals surface area contributed by atoms with Crippen LogP contribution >= 0.6 is 0 Å². The fourth-order valence-electron chi connectivity index (χ4n) is 2.64. The van der Waals surface area contributed by atoms with E-state index in [2.05, 4.69) is 45.9 Å². The summed E-state index contributed by atoms with van der Waals surface area (Å²) in [4.78, 5) is 0. The molecule has 0 radical (unpaired) electrons. The van der Waals surface area contributed by atoms with Gasteiger partial charge in [-0.15, -0.1) is 0 Å². The Bertz CT molecular complexity index is 440. The standard InChI is InChI=1S/C19H32O3/c1-6-10-22-19-9-8-16(11-17(19)13(3)4)15(7-2)12-18(21)14(5)20/h8-9,11,13-15,18,20-21H,6-7,10,12H2,1-5H3. The van der Waals surface area contributed by atoms with E-state index in [9.17, 15) is 10.2 Å². The van der Waals surface area contributed by atoms with E-state index in [1.165, 1.54) is 11.1 Å². The second-order valence-electron chi connectivity index (χ2n) is 6.45. The molecule has 2 N–H and O–H groups in total. The summed E-state index contributed by atoms with van der Waals surface area (Å²) >= 11 is 0. The lowest BCUT2D eigenvalue weighted by Crippen LogP contribution is -2.24. The average molecular weight is 308 g/mol. The zero-order valence-corrected chi connectivity index (χ0v) is 14.7. The van der Waals surface area contributed by atoms with E-state index >= 15 is 0 Å². The zero-order valence-electron chi connectivity index (χ0n) is 14.7. The van der Waals surface area contributed by atoms with Crippen molar-refractivity contribution in [2.45, 2.75) is 77.9 Å². The fourth-order valence-corrected chi connectivity index (χ4v) is 2.64. The first kappa shape index (κ1) is 19.0. The Hall–Kier alpha value is -1.06. The third-order valence-corrected chi connectivity index (χ3v) is 4.16. The molecule has 0 spiro atoms. The maximum Gasteiger partial charge on any atom is 0.122 e. The van der Waals surface area contributed by atoms with E-state index in [0.29, 0.717) is 12.3 Å². The molecule has 0 aromatic heterocycles. The van der Waals surface area contributed by atoms with Crippen molar-refractivity contribution in [2.75, 3.05) is 6.61 Å². The van der Waals surface area contributed by atoms with E-state index in [-0.39, 0.29) is 5.92 Å². The van der Waals surface area contributed by atoms with Gasteiger partial charge >= 0.3 is 0 Å². The van der Waals surface area contributed by atoms with Gasteiger partial charge in [-0.05, 0) is 55.2 Å². The third kappa shape index (κ3) is 5.29. The Balaban J connectivity index is 3.00. The first-order valence-corrected chi connectivity index (χ1v) is 8.53. The maximum absolute atomic E-state index is 9.96. The second-order valence-corrected chi connectivity index (χ2v) is 6.45. The molecule has 0 aliphatic rings. The minimum Gasteiger partial charge on any atom is -0.493 e. The van der Waals surface area contributed by atoms with Crippen molar-refractivity contribution in [3.8, 4) is 5.75 Å². The van der Waals surface area contributed by atoms with Gasteiger partial charge in [-0.2, -0.15) is 0 Å². The third-order valence-electron chi connectivity index (χ3n) is 4.16. The number of benzene rings is 1. The number of aliphatic hydroxyl groups is 2. The van der Waals surface area contributed by atoms with Crippen LogP contribution in [0.2, 0.25) is 0 Å². The van der Waals surface area contributed by atoms with Crippen LogP contribution in [0.5, 0.6) is 5.75 Å². The van der Waals surface area contributed by atoms with Crippen LogP contribution < -0.4 is 4.74 Å². The SMILES string of the molecule is CCCOc1ccc(C(CC)CC(O)C(C)O)cc1C(C)C. The van der Waals surface area contributed by atoms with E-state index in [1.807, 2.05) is 0 Å². The highest BCUT2D eigenvalue weighted by Crippen LogP contribution is 2.33. The minimum atomic E-state index is -0.689. The molecular formula is C19H32O3. The van der Waals surface area contributed by atoms with Crippen molar-refractivity contribution >= 4 is 0 Å². The summed E-state index contributed by atoms with van der Waals surface area (Å²) in [7, 11) is 0. The Labute approximate surface area is 135 Å². The predicted molar refractivity (Wildman–Crippen MR) is 91.7 cm³/mol. The smallest absolute Gasteiger partial charge is 0.122 e. The highest BCUT2D eigenvalue weighted by atomic mass is 16.5. The lowest BCUT2D eigenvalue weighted by atomic mass is 9.87. The van der Waals surface area contributed by atoms with Gasteiger partial charge in [-0.25, -0.2) is 0 Å². The van der Waals surface area contributed by atoms with Crippen molar-refractivity contribution in [1.82, 2.24) is 0 Å². The van der Waals surface area contributed by atoms with Gasteiger partial charge in [0, 0.05) is 0 Å². The van der Waals surface area contributed by atoms with E-state index in [1.54, 1.807) is 6.92 Å². The summed E-state index contributed by atoms with van der Waals surface area (Å²) in [5, 5.41) is 19.5. The molecule has 1 aromatic rings. The van der Waals surface area contributed by atoms with Gasteiger partial charge in [-0.1, -0.05) is 39.8 Å². The van der Waals surface area contributed by atoms with Crippen LogP contribution in [0.15, 0.2) is 18.2 Å². The van der Waals surface area contributed by atoms with E-state index in [4.69, 9.17) is 4.74 Å². The molecule has 3 unspecified atom stereocenters. The van der Waals surface area contributed by atoms with Crippen LogP contribution in [0, 0.1) is 0 Å². The molecule has 3 atom stereocenters. The van der Waals surface area contributed by atoms with Gasteiger partial charge in [0.1, 0.15) is 5.75 Å². The second kappa shape index (κ2) is 9.16. The molecule has 0 bridgehead atoms. The average Bonchev–Trinajstić information content (AvgIpc) is 2.49. The fraction of sp³-hybridized carbons (Fsp3) is 0.684. The van der Waals surface area contributed by atoms with Gasteiger partial charge in [0.05, 0.1) is 18.8 Å². The first-order valence-electron chi connectivity index (χ1n) is 8.53. The van der Waals surface area contributed by atoms with Gasteiger partial charge in [0.2, 0.25) is 0 Å². The lowest BCUT2D eigenvalue weighted by Gasteiger charge is -2.23. The van der Waals surface area contributed by atoms with Crippen LogP contribution in [-0.2, 0) is 0 Å². The number of hydrogen-bond donors (Lipinski definition) is 2. The lowest BCUT2D eigenvalue weighted by molar-refractivity contribution is 0.0215. The Morgan fingerprint density at radius 3 is 2.27 bits per heavy atom. The van der Waals surface area contributed by atoms with Crippen molar-refractivity contribution in [2.24, 2.45) is 0 Å². The van der Waals surface area contributed by atoms with E-state index in [0.717, 1.165) is 25.2 Å². The Kier molecular flexibility index (Phi) is 7.91. The molecule has 0 fully saturated rings. The van der Waals surface area contributed by atoms with Crippen molar-refractivity contribution < 1.29 is 14.9 Å². The van der Waals surface area contributed by atoms with Crippen LogP contribution in [0.3, 0.4) is 0 Å². The highest BCUT2D eigenvalue weighted by molar-refractivity contribution is 5.40. The predicted octanol–water partition coefficient (Wildman–Crippen LogP) is 4.22. The van der Waals surface area contributed by atoms with Gasteiger partial charge in [-0.3, -0.25) is 0 Å². The molecule has 0 saturated carbocycles. The van der Waals surface area contributed by atoms with Crippen LogP contribution in [0.4, 0.5) is 0 Å².